The number of guanidine groups is 1. The number of pyridine rings is 1. The van der Waals surface area contributed by atoms with Crippen LogP contribution in [0.3, 0.4) is 0 Å². The normalized spacial score (nSPS) is 16.1. The molecule has 0 radical (unpaired) electrons. The zero-order valence-corrected chi connectivity index (χ0v) is 24.0. The first-order valence-electron chi connectivity index (χ1n) is 14.4. The molecule has 224 valence electrons. The van der Waals surface area contributed by atoms with E-state index in [1.165, 1.54) is 18.3 Å². The zero-order chi connectivity index (χ0) is 29.6. The molecule has 0 bridgehead atoms. The first kappa shape index (κ1) is 28.6. The van der Waals surface area contributed by atoms with Crippen LogP contribution in [-0.2, 0) is 11.3 Å². The number of hydrogen-bond donors (Lipinski definition) is 2. The molecule has 43 heavy (non-hydrogen) atoms. The number of rotatable bonds is 10. The number of anilines is 1. The van der Waals surface area contributed by atoms with E-state index in [-0.39, 0.29) is 11.7 Å². The number of fused-ring (bicyclic) bond motifs is 3. The van der Waals surface area contributed by atoms with E-state index in [1.807, 2.05) is 17.0 Å². The molecule has 6 rings (SSSR count). The van der Waals surface area contributed by atoms with Gasteiger partial charge in [-0.25, -0.2) is 14.4 Å². The number of amides is 1. The van der Waals surface area contributed by atoms with Crippen LogP contribution in [0.4, 0.5) is 15.9 Å². The van der Waals surface area contributed by atoms with Gasteiger partial charge in [0.15, 0.2) is 11.5 Å². The van der Waals surface area contributed by atoms with Crippen molar-refractivity contribution in [2.75, 3.05) is 65.0 Å². The summed E-state index contributed by atoms with van der Waals surface area (Å²) in [6.45, 7) is 6.57. The summed E-state index contributed by atoms with van der Waals surface area (Å²) in [7, 11) is 1.59. The van der Waals surface area contributed by atoms with Crippen LogP contribution in [-0.4, -0.2) is 92.1 Å². The maximum atomic E-state index is 13.2. The number of carbonyl (C=O) groups is 1. The predicted molar refractivity (Wildman–Crippen MR) is 161 cm³/mol. The second kappa shape index (κ2) is 13.2. The molecule has 2 N–H and O–H groups in total. The summed E-state index contributed by atoms with van der Waals surface area (Å²) in [5.41, 5.74) is 2.69. The van der Waals surface area contributed by atoms with Crippen molar-refractivity contribution in [3.05, 3.63) is 77.2 Å². The number of benzene rings is 2. The second-order valence-electron chi connectivity index (χ2n) is 10.3. The number of nitrogens with zero attached hydrogens (tertiary/aromatic N) is 5. The van der Waals surface area contributed by atoms with Gasteiger partial charge >= 0.3 is 0 Å². The van der Waals surface area contributed by atoms with Crippen molar-refractivity contribution in [2.45, 2.75) is 13.0 Å². The Hall–Kier alpha value is -4.55. The predicted octanol–water partition coefficient (Wildman–Crippen LogP) is 3.44. The summed E-state index contributed by atoms with van der Waals surface area (Å²) in [6, 6.07) is 13.5. The van der Waals surface area contributed by atoms with E-state index in [4.69, 9.17) is 19.2 Å². The number of aliphatic imine (C=N–C) groups is 2. The third-order valence-corrected chi connectivity index (χ3v) is 7.47. The lowest BCUT2D eigenvalue weighted by Crippen LogP contribution is -2.47. The minimum atomic E-state index is -0.347. The molecule has 2 aromatic carbocycles. The molecule has 3 aromatic rings. The number of methoxy groups -OCH3 is 1. The van der Waals surface area contributed by atoms with E-state index in [0.717, 1.165) is 56.2 Å². The molecule has 0 unspecified atom stereocenters. The highest BCUT2D eigenvalue weighted by molar-refractivity contribution is 6.20. The van der Waals surface area contributed by atoms with Crippen LogP contribution >= 0.6 is 0 Å². The first-order chi connectivity index (χ1) is 21.1. The standard InChI is InChI=1S/C31H34FN7O4/c1-41-28-25(43-16-2-12-38-14-17-42-18-15-38)9-8-24-27(28)36-31(39-13-11-33-29(24)39)37-30(40)22-5-10-26(35-20-22)34-19-21-3-6-23(32)7-4-21/h3-10,20H,2,11-19H2,1H3,(H,34,35)(H,36,37,40). The van der Waals surface area contributed by atoms with Crippen molar-refractivity contribution in [3.63, 3.8) is 0 Å². The molecule has 0 saturated carbocycles. The van der Waals surface area contributed by atoms with Crippen LogP contribution in [0.15, 0.2) is 64.7 Å². The maximum absolute atomic E-state index is 13.2. The molecule has 3 aliphatic heterocycles. The van der Waals surface area contributed by atoms with Crippen molar-refractivity contribution in [1.29, 1.82) is 0 Å². The van der Waals surface area contributed by atoms with Gasteiger partial charge in [0.2, 0.25) is 5.96 Å². The van der Waals surface area contributed by atoms with E-state index in [2.05, 4.69) is 25.5 Å². The molecule has 0 aliphatic carbocycles. The van der Waals surface area contributed by atoms with Crippen LogP contribution in [0.1, 0.15) is 27.9 Å². The SMILES string of the molecule is COc1c(OCCCN2CCOCC2)ccc2c1N=C(NC(=O)c1ccc(NCc3ccc(F)cc3)nc1)N1CCN=C21. The van der Waals surface area contributed by atoms with Gasteiger partial charge in [-0.05, 0) is 48.4 Å². The smallest absolute Gasteiger partial charge is 0.259 e. The van der Waals surface area contributed by atoms with Gasteiger partial charge in [0, 0.05) is 44.5 Å². The van der Waals surface area contributed by atoms with Crippen LogP contribution in [0.25, 0.3) is 0 Å². The number of morpholine rings is 1. The van der Waals surface area contributed by atoms with Crippen molar-refractivity contribution < 1.29 is 23.4 Å². The van der Waals surface area contributed by atoms with E-state index in [1.54, 1.807) is 31.4 Å². The Labute approximate surface area is 249 Å². The summed E-state index contributed by atoms with van der Waals surface area (Å²) in [4.78, 5) is 31.4. The highest BCUT2D eigenvalue weighted by atomic mass is 19.1. The Balaban J connectivity index is 1.13. The number of amidine groups is 1. The van der Waals surface area contributed by atoms with E-state index in [0.29, 0.717) is 60.8 Å². The largest absolute Gasteiger partial charge is 0.491 e. The van der Waals surface area contributed by atoms with E-state index >= 15 is 0 Å². The van der Waals surface area contributed by atoms with Crippen molar-refractivity contribution in [1.82, 2.24) is 20.1 Å². The maximum Gasteiger partial charge on any atom is 0.259 e. The minimum Gasteiger partial charge on any atom is -0.491 e. The topological polar surface area (TPSA) is 113 Å². The highest BCUT2D eigenvalue weighted by Gasteiger charge is 2.33. The molecule has 1 aromatic heterocycles. The number of aromatic nitrogens is 1. The van der Waals surface area contributed by atoms with E-state index in [9.17, 15) is 9.18 Å². The molecule has 11 nitrogen and oxygen atoms in total. The Kier molecular flexibility index (Phi) is 8.75. The second-order valence-corrected chi connectivity index (χ2v) is 10.3. The molecule has 1 fully saturated rings. The fourth-order valence-electron chi connectivity index (χ4n) is 5.20. The van der Waals surface area contributed by atoms with Gasteiger partial charge in [-0.3, -0.25) is 24.9 Å². The summed E-state index contributed by atoms with van der Waals surface area (Å²) >= 11 is 0. The van der Waals surface area contributed by atoms with Gasteiger partial charge in [0.05, 0.1) is 39.0 Å². The average Bonchev–Trinajstić information content (AvgIpc) is 3.54. The lowest BCUT2D eigenvalue weighted by molar-refractivity contribution is 0.0357. The lowest BCUT2D eigenvalue weighted by Gasteiger charge is -2.29. The van der Waals surface area contributed by atoms with Gasteiger partial charge in [-0.15, -0.1) is 0 Å². The first-order valence-corrected chi connectivity index (χ1v) is 14.4. The van der Waals surface area contributed by atoms with Crippen LogP contribution < -0.4 is 20.1 Å². The van der Waals surface area contributed by atoms with Crippen molar-refractivity contribution in [2.24, 2.45) is 9.98 Å². The molecule has 4 heterocycles. The summed E-state index contributed by atoms with van der Waals surface area (Å²) in [5.74, 6) is 2.17. The van der Waals surface area contributed by atoms with Gasteiger partial charge in [-0.2, -0.15) is 0 Å². The van der Waals surface area contributed by atoms with Gasteiger partial charge < -0.3 is 19.5 Å². The molecule has 3 aliphatic rings. The number of halogens is 1. The van der Waals surface area contributed by atoms with Crippen molar-refractivity contribution >= 4 is 29.2 Å². The van der Waals surface area contributed by atoms with Crippen molar-refractivity contribution in [3.8, 4) is 11.5 Å². The molecular weight excluding hydrogens is 553 g/mol. The van der Waals surface area contributed by atoms with Gasteiger partial charge in [-0.1, -0.05) is 12.1 Å². The fraction of sp³-hybridized carbons (Fsp3) is 0.355. The minimum absolute atomic E-state index is 0.280. The number of ether oxygens (including phenoxy) is 3. The Bertz CT molecular complexity index is 1510. The molecule has 0 atom stereocenters. The number of nitrogens with one attached hydrogen (secondary N) is 2. The van der Waals surface area contributed by atoms with Crippen LogP contribution in [0, 0.1) is 5.82 Å². The molecule has 0 spiro atoms. The summed E-state index contributed by atoms with van der Waals surface area (Å²) in [5, 5.41) is 6.11. The molecule has 1 saturated heterocycles. The van der Waals surface area contributed by atoms with Crippen LogP contribution in [0.2, 0.25) is 0 Å². The fourth-order valence-corrected chi connectivity index (χ4v) is 5.20. The monoisotopic (exact) mass is 587 g/mol. The zero-order valence-electron chi connectivity index (χ0n) is 24.0. The Morgan fingerprint density at radius 3 is 2.67 bits per heavy atom. The Morgan fingerprint density at radius 2 is 1.91 bits per heavy atom. The van der Waals surface area contributed by atoms with Gasteiger partial charge in [0.25, 0.3) is 5.91 Å². The molecular formula is C31H34FN7O4. The third-order valence-electron chi connectivity index (χ3n) is 7.47. The molecule has 12 heteroatoms. The average molecular weight is 588 g/mol. The van der Waals surface area contributed by atoms with E-state index < -0.39 is 0 Å². The summed E-state index contributed by atoms with van der Waals surface area (Å²) < 4.78 is 30.5. The summed E-state index contributed by atoms with van der Waals surface area (Å²) in [6.07, 6.45) is 2.38. The molecule has 1 amide bonds. The Morgan fingerprint density at radius 1 is 1.07 bits per heavy atom. The number of hydrogen-bond acceptors (Lipinski definition) is 10. The highest BCUT2D eigenvalue weighted by Crippen LogP contribution is 2.43. The van der Waals surface area contributed by atoms with Gasteiger partial charge in [0.1, 0.15) is 23.2 Å². The van der Waals surface area contributed by atoms with Crippen LogP contribution in [0.5, 0.6) is 11.5 Å². The quantitative estimate of drug-likeness (QED) is 0.347. The lowest BCUT2D eigenvalue weighted by atomic mass is 10.1. The number of carbonyl (C=O) groups excluding carboxylic acids is 1. The third kappa shape index (κ3) is 6.60.